The summed E-state index contributed by atoms with van der Waals surface area (Å²) >= 11 is 0. The highest BCUT2D eigenvalue weighted by Gasteiger charge is 2.10. The Balaban J connectivity index is 2.21. The molecule has 4 nitrogen and oxygen atoms in total. The van der Waals surface area contributed by atoms with Crippen LogP contribution in [0, 0.1) is 10.1 Å². The molecule has 1 aromatic carbocycles. The van der Waals surface area contributed by atoms with E-state index in [0.717, 1.165) is 19.4 Å². The molecule has 1 aromatic rings. The third-order valence-corrected chi connectivity index (χ3v) is 4.48. The number of nitrogens with one attached hydrogen (secondary N) is 1. The van der Waals surface area contributed by atoms with Gasteiger partial charge in [0.2, 0.25) is 0 Å². The minimum absolute atomic E-state index is 0.166. The maximum absolute atomic E-state index is 10.7. The summed E-state index contributed by atoms with van der Waals surface area (Å²) in [6.45, 7) is 7.79. The molecule has 0 heterocycles. The predicted octanol–water partition coefficient (Wildman–Crippen LogP) is 5.43. The second kappa shape index (κ2) is 11.2. The van der Waals surface area contributed by atoms with E-state index in [1.54, 1.807) is 12.1 Å². The van der Waals surface area contributed by atoms with Gasteiger partial charge in [-0.2, -0.15) is 0 Å². The van der Waals surface area contributed by atoms with E-state index < -0.39 is 0 Å². The Labute approximate surface area is 140 Å². The van der Waals surface area contributed by atoms with Gasteiger partial charge in [0.05, 0.1) is 4.92 Å². The Morgan fingerprint density at radius 2 is 1.70 bits per heavy atom. The monoisotopic (exact) mass is 320 g/mol. The number of hydrogen-bond acceptors (Lipinski definition) is 3. The molecule has 0 aromatic heterocycles. The number of non-ortho nitro benzene ring substituents is 1. The number of benzene rings is 1. The average molecular weight is 320 g/mol. The van der Waals surface area contributed by atoms with Gasteiger partial charge in [-0.15, -0.1) is 0 Å². The minimum Gasteiger partial charge on any atom is -0.314 e. The Morgan fingerprint density at radius 1 is 1.04 bits per heavy atom. The van der Waals surface area contributed by atoms with Crippen molar-refractivity contribution in [2.24, 2.45) is 0 Å². The number of rotatable bonds is 12. The fraction of sp³-hybridized carbons (Fsp3) is 0.684. The van der Waals surface area contributed by atoms with Crippen molar-refractivity contribution in [1.82, 2.24) is 5.32 Å². The molecule has 0 bridgehead atoms. The molecule has 1 N–H and O–H groups in total. The summed E-state index contributed by atoms with van der Waals surface area (Å²) in [5.41, 5.74) is 1.35. The zero-order valence-electron chi connectivity index (χ0n) is 14.9. The molecule has 0 aliphatic rings. The average Bonchev–Trinajstić information content (AvgIpc) is 2.55. The summed E-state index contributed by atoms with van der Waals surface area (Å²) in [6.07, 6.45) is 8.82. The van der Waals surface area contributed by atoms with Crippen LogP contribution in [-0.4, -0.2) is 17.5 Å². The third-order valence-electron chi connectivity index (χ3n) is 4.48. The van der Waals surface area contributed by atoms with Gasteiger partial charge in [0.25, 0.3) is 5.69 Å². The molecular weight excluding hydrogens is 288 g/mol. The maximum atomic E-state index is 10.7. The number of nitro benzene ring substituents is 1. The quantitative estimate of drug-likeness (QED) is 0.317. The summed E-state index contributed by atoms with van der Waals surface area (Å²) in [4.78, 5) is 10.3. The van der Waals surface area contributed by atoms with E-state index >= 15 is 0 Å². The maximum Gasteiger partial charge on any atom is 0.269 e. The largest absolute Gasteiger partial charge is 0.314 e. The smallest absolute Gasteiger partial charge is 0.269 e. The molecule has 0 saturated carbocycles. The van der Waals surface area contributed by atoms with E-state index in [0.29, 0.717) is 12.0 Å². The first kappa shape index (κ1) is 19.6. The molecule has 0 aliphatic carbocycles. The lowest BCUT2D eigenvalue weighted by Gasteiger charge is -2.17. The lowest BCUT2D eigenvalue weighted by atomic mass is 9.94. The molecule has 23 heavy (non-hydrogen) atoms. The van der Waals surface area contributed by atoms with Crippen molar-refractivity contribution in [2.45, 2.75) is 77.7 Å². The number of nitrogens with zero attached hydrogens (tertiary/aromatic N) is 1. The van der Waals surface area contributed by atoms with Crippen LogP contribution in [0.3, 0.4) is 0 Å². The second-order valence-electron chi connectivity index (χ2n) is 6.60. The molecule has 0 saturated heterocycles. The van der Waals surface area contributed by atoms with Crippen molar-refractivity contribution in [1.29, 1.82) is 0 Å². The van der Waals surface area contributed by atoms with Gasteiger partial charge in [0.15, 0.2) is 0 Å². The van der Waals surface area contributed by atoms with E-state index in [1.165, 1.54) is 37.7 Å². The third kappa shape index (κ3) is 8.12. The van der Waals surface area contributed by atoms with E-state index in [9.17, 15) is 10.1 Å². The van der Waals surface area contributed by atoms with E-state index in [-0.39, 0.29) is 10.6 Å². The Morgan fingerprint density at radius 3 is 2.30 bits per heavy atom. The first-order valence-electron chi connectivity index (χ1n) is 9.02. The van der Waals surface area contributed by atoms with Gasteiger partial charge in [0, 0.05) is 18.2 Å². The number of hydrogen-bond donors (Lipinski definition) is 1. The SMILES string of the molecule is CCCCCCCNC(C)CCC(C)c1ccc([N+](=O)[O-])cc1. The predicted molar refractivity (Wildman–Crippen MR) is 97.0 cm³/mol. The van der Waals surface area contributed by atoms with Gasteiger partial charge < -0.3 is 5.32 Å². The van der Waals surface area contributed by atoms with Crippen molar-refractivity contribution < 1.29 is 4.92 Å². The first-order chi connectivity index (χ1) is 11.0. The molecule has 0 radical (unpaired) electrons. The van der Waals surface area contributed by atoms with Crippen LogP contribution in [0.4, 0.5) is 5.69 Å². The first-order valence-corrected chi connectivity index (χ1v) is 9.02. The molecule has 0 amide bonds. The molecule has 2 atom stereocenters. The summed E-state index contributed by atoms with van der Waals surface area (Å²) in [6, 6.07) is 7.50. The van der Waals surface area contributed by atoms with Crippen LogP contribution in [0.2, 0.25) is 0 Å². The number of unbranched alkanes of at least 4 members (excludes halogenated alkanes) is 4. The van der Waals surface area contributed by atoms with Gasteiger partial charge in [-0.3, -0.25) is 10.1 Å². The van der Waals surface area contributed by atoms with Gasteiger partial charge in [-0.05, 0) is 44.2 Å². The van der Waals surface area contributed by atoms with Gasteiger partial charge >= 0.3 is 0 Å². The molecule has 1 rings (SSSR count). The van der Waals surface area contributed by atoms with E-state index in [4.69, 9.17) is 0 Å². The van der Waals surface area contributed by atoms with Crippen molar-refractivity contribution in [3.63, 3.8) is 0 Å². The topological polar surface area (TPSA) is 55.2 Å². The highest BCUT2D eigenvalue weighted by Crippen LogP contribution is 2.23. The van der Waals surface area contributed by atoms with E-state index in [1.807, 2.05) is 12.1 Å². The standard InChI is InChI=1S/C19H32N2O2/c1-4-5-6-7-8-15-20-17(3)10-9-16(2)18-11-13-19(14-12-18)21(22)23/h11-14,16-17,20H,4-10,15H2,1-3H3. The minimum atomic E-state index is -0.346. The van der Waals surface area contributed by atoms with Crippen molar-refractivity contribution in [2.75, 3.05) is 6.54 Å². The van der Waals surface area contributed by atoms with Gasteiger partial charge in [0.1, 0.15) is 0 Å². The molecule has 130 valence electrons. The van der Waals surface area contributed by atoms with Gasteiger partial charge in [-0.1, -0.05) is 51.7 Å². The Bertz CT molecular complexity index is 445. The van der Waals surface area contributed by atoms with Crippen LogP contribution in [-0.2, 0) is 0 Å². The van der Waals surface area contributed by atoms with Gasteiger partial charge in [-0.25, -0.2) is 0 Å². The molecule has 0 aliphatic heterocycles. The van der Waals surface area contributed by atoms with Crippen LogP contribution >= 0.6 is 0 Å². The molecule has 4 heteroatoms. The molecule has 0 fully saturated rings. The van der Waals surface area contributed by atoms with Crippen LogP contribution in [0.25, 0.3) is 0 Å². The summed E-state index contributed by atoms with van der Waals surface area (Å²) in [5, 5.41) is 14.3. The zero-order valence-corrected chi connectivity index (χ0v) is 14.9. The number of nitro groups is 1. The van der Waals surface area contributed by atoms with Crippen LogP contribution in [0.1, 0.15) is 77.2 Å². The van der Waals surface area contributed by atoms with Crippen LogP contribution in [0.15, 0.2) is 24.3 Å². The Hall–Kier alpha value is -1.42. The molecular formula is C19H32N2O2. The lowest BCUT2D eigenvalue weighted by Crippen LogP contribution is -2.27. The molecule has 2 unspecified atom stereocenters. The fourth-order valence-electron chi connectivity index (χ4n) is 2.77. The van der Waals surface area contributed by atoms with Crippen molar-refractivity contribution in [3.8, 4) is 0 Å². The van der Waals surface area contributed by atoms with Crippen LogP contribution in [0.5, 0.6) is 0 Å². The highest BCUT2D eigenvalue weighted by molar-refractivity contribution is 5.34. The van der Waals surface area contributed by atoms with Crippen LogP contribution < -0.4 is 5.32 Å². The Kier molecular flexibility index (Phi) is 9.53. The summed E-state index contributed by atoms with van der Waals surface area (Å²) in [7, 11) is 0. The van der Waals surface area contributed by atoms with Crippen molar-refractivity contribution >= 4 is 5.69 Å². The fourth-order valence-corrected chi connectivity index (χ4v) is 2.77. The summed E-state index contributed by atoms with van der Waals surface area (Å²) < 4.78 is 0. The second-order valence-corrected chi connectivity index (χ2v) is 6.60. The molecule has 0 spiro atoms. The highest BCUT2D eigenvalue weighted by atomic mass is 16.6. The lowest BCUT2D eigenvalue weighted by molar-refractivity contribution is -0.384. The van der Waals surface area contributed by atoms with E-state index in [2.05, 4.69) is 26.1 Å². The summed E-state index contributed by atoms with van der Waals surface area (Å²) in [5.74, 6) is 0.435. The zero-order chi connectivity index (χ0) is 17.1. The van der Waals surface area contributed by atoms with Crippen molar-refractivity contribution in [3.05, 3.63) is 39.9 Å². The normalized spacial score (nSPS) is 13.7.